The van der Waals surface area contributed by atoms with Gasteiger partial charge in [-0.1, -0.05) is 30.3 Å². The number of amides is 1. The van der Waals surface area contributed by atoms with Gasteiger partial charge in [0, 0.05) is 18.8 Å². The van der Waals surface area contributed by atoms with Crippen LogP contribution in [0.4, 0.5) is 5.82 Å². The molecule has 1 N–H and O–H groups in total. The third-order valence-electron chi connectivity index (χ3n) is 4.34. The summed E-state index contributed by atoms with van der Waals surface area (Å²) in [6, 6.07) is 12.1. The quantitative estimate of drug-likeness (QED) is 0.939. The number of morpholine rings is 1. The Morgan fingerprint density at radius 1 is 1.21 bits per heavy atom. The molecule has 0 radical (unpaired) electrons. The van der Waals surface area contributed by atoms with Gasteiger partial charge in [-0.3, -0.25) is 9.69 Å². The van der Waals surface area contributed by atoms with Crippen molar-refractivity contribution in [2.45, 2.75) is 13.8 Å². The number of nitrogens with one attached hydrogen (secondary N) is 1. The molecule has 2 heterocycles. The molecule has 1 saturated heterocycles. The average Bonchev–Trinajstić information content (AvgIpc) is 2.59. The molecule has 0 unspecified atom stereocenters. The van der Waals surface area contributed by atoms with Gasteiger partial charge in [-0.25, -0.2) is 4.98 Å². The topological polar surface area (TPSA) is 54.5 Å². The van der Waals surface area contributed by atoms with Crippen LogP contribution < -0.4 is 5.32 Å². The number of pyridine rings is 1. The first-order valence-electron chi connectivity index (χ1n) is 8.27. The Balaban J connectivity index is 1.76. The molecule has 0 bridgehead atoms. The molecule has 1 aliphatic rings. The third-order valence-corrected chi connectivity index (χ3v) is 4.34. The summed E-state index contributed by atoms with van der Waals surface area (Å²) in [5, 5.41) is 2.93. The maximum atomic E-state index is 12.3. The summed E-state index contributed by atoms with van der Waals surface area (Å²) in [5.41, 5.74) is 4.29. The summed E-state index contributed by atoms with van der Waals surface area (Å²) in [7, 11) is 0. The Bertz CT molecular complexity index is 710. The van der Waals surface area contributed by atoms with E-state index in [1.54, 1.807) is 0 Å². The fraction of sp³-hybridized carbons (Fsp3) is 0.368. The van der Waals surface area contributed by atoms with E-state index in [2.05, 4.69) is 34.3 Å². The number of nitrogens with zero attached hydrogens (tertiary/aromatic N) is 2. The zero-order valence-corrected chi connectivity index (χ0v) is 14.2. The second kappa shape index (κ2) is 7.55. The van der Waals surface area contributed by atoms with Crippen molar-refractivity contribution in [3.63, 3.8) is 0 Å². The Morgan fingerprint density at radius 3 is 2.62 bits per heavy atom. The number of benzene rings is 1. The number of ether oxygens (including phenoxy) is 1. The van der Waals surface area contributed by atoms with Gasteiger partial charge in [-0.05, 0) is 36.6 Å². The van der Waals surface area contributed by atoms with Crippen LogP contribution in [-0.4, -0.2) is 48.6 Å². The maximum Gasteiger partial charge on any atom is 0.239 e. The average molecular weight is 325 g/mol. The highest BCUT2D eigenvalue weighted by Gasteiger charge is 2.15. The molecule has 1 aliphatic heterocycles. The van der Waals surface area contributed by atoms with Gasteiger partial charge in [0.25, 0.3) is 0 Å². The fourth-order valence-electron chi connectivity index (χ4n) is 2.86. The van der Waals surface area contributed by atoms with E-state index < -0.39 is 0 Å². The predicted octanol–water partition coefficient (Wildman–Crippen LogP) is 2.64. The Morgan fingerprint density at radius 2 is 1.92 bits per heavy atom. The number of aryl methyl sites for hydroxylation is 1. The Labute approximate surface area is 142 Å². The van der Waals surface area contributed by atoms with Gasteiger partial charge in [0.15, 0.2) is 0 Å². The van der Waals surface area contributed by atoms with Gasteiger partial charge in [-0.2, -0.15) is 0 Å². The van der Waals surface area contributed by atoms with Gasteiger partial charge in [0.05, 0.1) is 19.8 Å². The molecule has 3 rings (SSSR count). The smallest absolute Gasteiger partial charge is 0.239 e. The molecule has 0 aliphatic carbocycles. The van der Waals surface area contributed by atoms with Crippen LogP contribution in [0.25, 0.3) is 11.1 Å². The van der Waals surface area contributed by atoms with Gasteiger partial charge in [-0.15, -0.1) is 0 Å². The van der Waals surface area contributed by atoms with E-state index in [0.717, 1.165) is 35.5 Å². The molecule has 1 fully saturated rings. The number of carbonyl (C=O) groups excluding carboxylic acids is 1. The monoisotopic (exact) mass is 325 g/mol. The van der Waals surface area contributed by atoms with Crippen molar-refractivity contribution in [3.05, 3.63) is 47.7 Å². The molecule has 1 aromatic carbocycles. The zero-order chi connectivity index (χ0) is 16.9. The summed E-state index contributed by atoms with van der Waals surface area (Å²) < 4.78 is 5.31. The van der Waals surface area contributed by atoms with Crippen molar-refractivity contribution in [1.29, 1.82) is 0 Å². The van der Waals surface area contributed by atoms with Crippen molar-refractivity contribution in [2.24, 2.45) is 0 Å². The SMILES string of the molecule is Cc1nc(NC(=O)CN2CCOCC2)cc(-c2ccccc2)c1C. The van der Waals surface area contributed by atoms with E-state index in [1.807, 2.05) is 31.2 Å². The van der Waals surface area contributed by atoms with Crippen molar-refractivity contribution in [1.82, 2.24) is 9.88 Å². The van der Waals surface area contributed by atoms with Crippen LogP contribution in [0.2, 0.25) is 0 Å². The van der Waals surface area contributed by atoms with Crippen LogP contribution in [-0.2, 0) is 9.53 Å². The van der Waals surface area contributed by atoms with E-state index in [9.17, 15) is 4.79 Å². The van der Waals surface area contributed by atoms with Crippen molar-refractivity contribution in [3.8, 4) is 11.1 Å². The van der Waals surface area contributed by atoms with Crippen LogP contribution >= 0.6 is 0 Å². The highest BCUT2D eigenvalue weighted by molar-refractivity contribution is 5.92. The molecule has 5 nitrogen and oxygen atoms in total. The van der Waals surface area contributed by atoms with Crippen LogP contribution in [0.5, 0.6) is 0 Å². The van der Waals surface area contributed by atoms with Crippen LogP contribution in [0.15, 0.2) is 36.4 Å². The van der Waals surface area contributed by atoms with Crippen molar-refractivity contribution < 1.29 is 9.53 Å². The molecular formula is C19H23N3O2. The fourth-order valence-corrected chi connectivity index (χ4v) is 2.86. The minimum Gasteiger partial charge on any atom is -0.379 e. The summed E-state index contributed by atoms with van der Waals surface area (Å²) >= 11 is 0. The molecule has 24 heavy (non-hydrogen) atoms. The van der Waals surface area contributed by atoms with E-state index in [0.29, 0.717) is 25.6 Å². The van der Waals surface area contributed by atoms with E-state index in [1.165, 1.54) is 0 Å². The lowest BCUT2D eigenvalue weighted by Gasteiger charge is -2.25. The molecule has 0 spiro atoms. The first kappa shape index (κ1) is 16.6. The highest BCUT2D eigenvalue weighted by Crippen LogP contribution is 2.27. The molecule has 1 aromatic heterocycles. The molecular weight excluding hydrogens is 302 g/mol. The van der Waals surface area contributed by atoms with Crippen LogP contribution in [0.1, 0.15) is 11.3 Å². The molecule has 2 aromatic rings. The van der Waals surface area contributed by atoms with Crippen LogP contribution in [0, 0.1) is 13.8 Å². The number of aromatic nitrogens is 1. The molecule has 126 valence electrons. The van der Waals surface area contributed by atoms with Crippen LogP contribution in [0.3, 0.4) is 0 Å². The largest absolute Gasteiger partial charge is 0.379 e. The van der Waals surface area contributed by atoms with Crippen molar-refractivity contribution >= 4 is 11.7 Å². The standard InChI is InChI=1S/C19H23N3O2/c1-14-15(2)20-18(12-17(14)16-6-4-3-5-7-16)21-19(23)13-22-8-10-24-11-9-22/h3-7,12H,8-11,13H2,1-2H3,(H,20,21,23). The van der Waals surface area contributed by atoms with E-state index in [4.69, 9.17) is 4.74 Å². The first-order chi connectivity index (χ1) is 11.6. The lowest BCUT2D eigenvalue weighted by atomic mass is 10.0. The third kappa shape index (κ3) is 3.99. The number of hydrogen-bond donors (Lipinski definition) is 1. The second-order valence-corrected chi connectivity index (χ2v) is 6.07. The molecule has 0 saturated carbocycles. The summed E-state index contributed by atoms with van der Waals surface area (Å²) in [6.45, 7) is 7.37. The lowest BCUT2D eigenvalue weighted by Crippen LogP contribution is -2.41. The lowest BCUT2D eigenvalue weighted by molar-refractivity contribution is -0.118. The van der Waals surface area contributed by atoms with Gasteiger partial charge >= 0.3 is 0 Å². The van der Waals surface area contributed by atoms with Gasteiger partial charge in [0.2, 0.25) is 5.91 Å². The number of rotatable bonds is 4. The van der Waals surface area contributed by atoms with Crippen molar-refractivity contribution in [2.75, 3.05) is 38.2 Å². The zero-order valence-electron chi connectivity index (χ0n) is 14.2. The maximum absolute atomic E-state index is 12.3. The minimum atomic E-state index is -0.0355. The Kier molecular flexibility index (Phi) is 5.23. The molecule has 0 atom stereocenters. The summed E-state index contributed by atoms with van der Waals surface area (Å²) in [4.78, 5) is 18.9. The second-order valence-electron chi connectivity index (χ2n) is 6.07. The molecule has 1 amide bonds. The van der Waals surface area contributed by atoms with Gasteiger partial charge < -0.3 is 10.1 Å². The summed E-state index contributed by atoms with van der Waals surface area (Å²) in [5.74, 6) is 0.571. The first-order valence-corrected chi connectivity index (χ1v) is 8.27. The number of hydrogen-bond acceptors (Lipinski definition) is 4. The number of carbonyl (C=O) groups is 1. The van der Waals surface area contributed by atoms with E-state index >= 15 is 0 Å². The van der Waals surface area contributed by atoms with Gasteiger partial charge in [0.1, 0.15) is 5.82 Å². The summed E-state index contributed by atoms with van der Waals surface area (Å²) in [6.07, 6.45) is 0. The molecule has 5 heteroatoms. The number of anilines is 1. The normalized spacial score (nSPS) is 15.2. The minimum absolute atomic E-state index is 0.0355. The van der Waals surface area contributed by atoms with E-state index in [-0.39, 0.29) is 5.91 Å². The Hall–Kier alpha value is -2.24. The highest BCUT2D eigenvalue weighted by atomic mass is 16.5. The predicted molar refractivity (Wildman–Crippen MR) is 95.0 cm³/mol.